The molecule has 0 spiro atoms. The molecule has 2 unspecified atom stereocenters. The highest BCUT2D eigenvalue weighted by Gasteiger charge is 2.63. The van der Waals surface area contributed by atoms with E-state index in [-0.39, 0.29) is 18.8 Å². The Morgan fingerprint density at radius 2 is 1.43 bits per heavy atom. The van der Waals surface area contributed by atoms with Crippen LogP contribution in [0.25, 0.3) is 0 Å². The molecule has 0 amide bonds. The van der Waals surface area contributed by atoms with Gasteiger partial charge in [0.25, 0.3) is 5.08 Å². The molecule has 0 heterocycles. The summed E-state index contributed by atoms with van der Waals surface area (Å²) in [4.78, 5) is 20.0. The minimum Gasteiger partial charge on any atom is -0.364 e. The zero-order chi connectivity index (χ0) is 16.3. The van der Waals surface area contributed by atoms with Crippen molar-refractivity contribution in [1.29, 1.82) is 0 Å². The SMILES string of the molecule is CCOP(=O)(O)C(O)(c1ccc(Br)cc1)P(=O)(O)OCC. The molecule has 0 aliphatic carbocycles. The van der Waals surface area contributed by atoms with Crippen molar-refractivity contribution in [3.8, 4) is 0 Å². The van der Waals surface area contributed by atoms with Crippen LogP contribution in [-0.4, -0.2) is 28.1 Å². The van der Waals surface area contributed by atoms with Crippen molar-refractivity contribution < 1.29 is 33.1 Å². The molecule has 1 rings (SSSR count). The highest BCUT2D eigenvalue weighted by atomic mass is 79.9. The van der Waals surface area contributed by atoms with Crippen LogP contribution in [0.1, 0.15) is 19.4 Å². The summed E-state index contributed by atoms with van der Waals surface area (Å²) < 4.78 is 34.5. The van der Waals surface area contributed by atoms with E-state index in [1.165, 1.54) is 38.1 Å². The fraction of sp³-hybridized carbons (Fsp3) is 0.455. The summed E-state index contributed by atoms with van der Waals surface area (Å²) in [6.45, 7) is 2.40. The van der Waals surface area contributed by atoms with Gasteiger partial charge in [-0.15, -0.1) is 0 Å². The molecule has 21 heavy (non-hydrogen) atoms. The van der Waals surface area contributed by atoms with Crippen molar-refractivity contribution >= 4 is 31.1 Å². The van der Waals surface area contributed by atoms with E-state index in [9.17, 15) is 24.0 Å². The molecule has 0 aliphatic rings. The molecule has 0 aliphatic heterocycles. The number of rotatable bonds is 7. The van der Waals surface area contributed by atoms with Gasteiger partial charge in [0, 0.05) is 10.0 Å². The second kappa shape index (κ2) is 7.02. The molecule has 0 saturated carbocycles. The molecule has 10 heteroatoms. The van der Waals surface area contributed by atoms with Gasteiger partial charge in [0.05, 0.1) is 13.2 Å². The van der Waals surface area contributed by atoms with Crippen molar-refractivity contribution in [2.45, 2.75) is 18.9 Å². The standard InChI is InChI=1S/C11H17BrO7P2/c1-3-18-20(14,15)11(13,21(16,17)19-4-2)9-5-7-10(12)8-6-9/h5-8,13H,3-4H2,1-2H3,(H,14,15)(H,16,17). The fourth-order valence-corrected chi connectivity index (χ4v) is 5.59. The molecule has 2 atom stereocenters. The van der Waals surface area contributed by atoms with Gasteiger partial charge in [-0.1, -0.05) is 28.1 Å². The molecule has 3 N–H and O–H groups in total. The number of halogens is 1. The van der Waals surface area contributed by atoms with Crippen LogP contribution < -0.4 is 0 Å². The zero-order valence-electron chi connectivity index (χ0n) is 11.5. The fourth-order valence-electron chi connectivity index (χ4n) is 1.69. The largest absolute Gasteiger partial charge is 0.376 e. The summed E-state index contributed by atoms with van der Waals surface area (Å²) in [5.41, 5.74) is -0.246. The molecule has 0 saturated heterocycles. The van der Waals surface area contributed by atoms with Crippen LogP contribution in [0, 0.1) is 0 Å². The molecule has 1 aromatic carbocycles. The van der Waals surface area contributed by atoms with Gasteiger partial charge in [0.2, 0.25) is 0 Å². The van der Waals surface area contributed by atoms with Crippen LogP contribution in [-0.2, 0) is 23.3 Å². The minimum absolute atomic E-state index is 0.223. The Labute approximate surface area is 131 Å². The summed E-state index contributed by atoms with van der Waals surface area (Å²) in [5.74, 6) is 0. The third-order valence-corrected chi connectivity index (χ3v) is 7.98. The molecule has 1 aromatic rings. The normalized spacial score (nSPS) is 20.3. The van der Waals surface area contributed by atoms with Crippen LogP contribution in [0.3, 0.4) is 0 Å². The molecule has 0 fully saturated rings. The summed E-state index contributed by atoms with van der Waals surface area (Å²) in [6, 6.07) is 5.40. The lowest BCUT2D eigenvalue weighted by Gasteiger charge is -2.34. The first kappa shape index (κ1) is 19.0. The van der Waals surface area contributed by atoms with Gasteiger partial charge in [-0.2, -0.15) is 0 Å². The molecule has 7 nitrogen and oxygen atoms in total. The average Bonchev–Trinajstić information content (AvgIpc) is 2.38. The van der Waals surface area contributed by atoms with Crippen molar-refractivity contribution in [1.82, 2.24) is 0 Å². The second-order valence-electron chi connectivity index (χ2n) is 4.02. The summed E-state index contributed by atoms with van der Waals surface area (Å²) in [7, 11) is -9.80. The van der Waals surface area contributed by atoms with E-state index in [1.807, 2.05) is 0 Å². The maximum atomic E-state index is 12.3. The molecule has 120 valence electrons. The Hall–Kier alpha value is -0.0400. The Balaban J connectivity index is 3.53. The molecular formula is C11H17BrO7P2. The lowest BCUT2D eigenvalue weighted by Crippen LogP contribution is -2.28. The van der Waals surface area contributed by atoms with Gasteiger partial charge in [-0.05, 0) is 26.0 Å². The lowest BCUT2D eigenvalue weighted by molar-refractivity contribution is 0.105. The van der Waals surface area contributed by atoms with E-state index in [4.69, 9.17) is 0 Å². The molecule has 0 aromatic heterocycles. The highest BCUT2D eigenvalue weighted by Crippen LogP contribution is 2.77. The first-order valence-corrected chi connectivity index (χ1v) is 10.0. The Bertz CT molecular complexity index is 548. The van der Waals surface area contributed by atoms with E-state index in [1.54, 1.807) is 0 Å². The predicted octanol–water partition coefficient (Wildman–Crippen LogP) is 3.00. The summed E-state index contributed by atoms with van der Waals surface area (Å²) in [5, 5.41) is 7.54. The second-order valence-corrected chi connectivity index (χ2v) is 9.18. The van der Waals surface area contributed by atoms with Crippen molar-refractivity contribution in [3.05, 3.63) is 34.3 Å². The highest BCUT2D eigenvalue weighted by molar-refractivity contribution is 9.10. The van der Waals surface area contributed by atoms with Crippen LogP contribution >= 0.6 is 31.1 Å². The van der Waals surface area contributed by atoms with Crippen LogP contribution in [0.4, 0.5) is 0 Å². The number of hydrogen-bond acceptors (Lipinski definition) is 5. The smallest absolute Gasteiger partial charge is 0.364 e. The first-order chi connectivity index (χ1) is 9.62. The van der Waals surface area contributed by atoms with Gasteiger partial charge in [-0.3, -0.25) is 9.13 Å². The van der Waals surface area contributed by atoms with Crippen LogP contribution in [0.2, 0.25) is 0 Å². The van der Waals surface area contributed by atoms with Gasteiger partial charge < -0.3 is 23.9 Å². The maximum absolute atomic E-state index is 12.3. The van der Waals surface area contributed by atoms with Gasteiger partial charge in [-0.25, -0.2) is 0 Å². The number of aliphatic hydroxyl groups is 1. The maximum Gasteiger partial charge on any atom is 0.376 e. The average molecular weight is 403 g/mol. The summed E-state index contributed by atoms with van der Waals surface area (Å²) >= 11 is 3.17. The van der Waals surface area contributed by atoms with E-state index in [0.29, 0.717) is 4.47 Å². The topological polar surface area (TPSA) is 113 Å². The monoisotopic (exact) mass is 402 g/mol. The molecular weight excluding hydrogens is 386 g/mol. The van der Waals surface area contributed by atoms with Crippen LogP contribution in [0.15, 0.2) is 28.7 Å². The van der Waals surface area contributed by atoms with Crippen molar-refractivity contribution in [2.24, 2.45) is 0 Å². The Morgan fingerprint density at radius 1 is 1.05 bits per heavy atom. The van der Waals surface area contributed by atoms with E-state index in [0.717, 1.165) is 0 Å². The van der Waals surface area contributed by atoms with Crippen molar-refractivity contribution in [2.75, 3.05) is 13.2 Å². The van der Waals surface area contributed by atoms with Crippen molar-refractivity contribution in [3.63, 3.8) is 0 Å². The van der Waals surface area contributed by atoms with Gasteiger partial charge in [0.1, 0.15) is 0 Å². The third kappa shape index (κ3) is 3.66. The van der Waals surface area contributed by atoms with E-state index < -0.39 is 20.3 Å². The van der Waals surface area contributed by atoms with Gasteiger partial charge in [0.15, 0.2) is 0 Å². The number of hydrogen-bond donors (Lipinski definition) is 3. The first-order valence-electron chi connectivity index (χ1n) is 6.05. The zero-order valence-corrected chi connectivity index (χ0v) is 14.8. The summed E-state index contributed by atoms with van der Waals surface area (Å²) in [6.07, 6.45) is 0. The van der Waals surface area contributed by atoms with Gasteiger partial charge >= 0.3 is 15.2 Å². The number of benzene rings is 1. The molecule has 0 radical (unpaired) electrons. The lowest BCUT2D eigenvalue weighted by atomic mass is 10.2. The predicted molar refractivity (Wildman–Crippen MR) is 80.9 cm³/mol. The van der Waals surface area contributed by atoms with E-state index in [2.05, 4.69) is 25.0 Å². The van der Waals surface area contributed by atoms with E-state index >= 15 is 0 Å². The quantitative estimate of drug-likeness (QED) is 0.600. The Morgan fingerprint density at radius 3 is 1.76 bits per heavy atom. The van der Waals surface area contributed by atoms with Crippen LogP contribution in [0.5, 0.6) is 0 Å². The minimum atomic E-state index is -4.90. The third-order valence-electron chi connectivity index (χ3n) is 2.63. The Kier molecular flexibility index (Phi) is 6.36. The molecule has 0 bridgehead atoms.